The van der Waals surface area contributed by atoms with Gasteiger partial charge >= 0.3 is 0 Å². The number of nitrogens with zero attached hydrogens (tertiary/aromatic N) is 4. The molecule has 0 spiro atoms. The third-order valence-electron chi connectivity index (χ3n) is 5.69. The highest BCUT2D eigenvalue weighted by atomic mass is 32.3. The predicted octanol–water partition coefficient (Wildman–Crippen LogP) is 1.55. The molecule has 0 saturated carbocycles. The van der Waals surface area contributed by atoms with Crippen molar-refractivity contribution >= 4 is 27.3 Å². The van der Waals surface area contributed by atoms with Crippen molar-refractivity contribution in [2.75, 3.05) is 32.4 Å². The molecule has 2 aliphatic rings. The summed E-state index contributed by atoms with van der Waals surface area (Å²) in [5.74, 6) is 1.20. The summed E-state index contributed by atoms with van der Waals surface area (Å²) >= 11 is 0. The highest BCUT2D eigenvalue weighted by Gasteiger charge is 2.35. The number of sulfonamides is 1. The van der Waals surface area contributed by atoms with E-state index in [4.69, 9.17) is 0 Å². The lowest BCUT2D eigenvalue weighted by molar-refractivity contribution is -0.138. The topological polar surface area (TPSA) is 105 Å². The molecule has 27 heavy (non-hydrogen) atoms. The molecule has 2 atom stereocenters. The zero-order valence-corrected chi connectivity index (χ0v) is 16.3. The Balaban J connectivity index is 1.41. The van der Waals surface area contributed by atoms with Gasteiger partial charge in [0.15, 0.2) is 0 Å². The molecule has 1 amide bonds. The van der Waals surface area contributed by atoms with Gasteiger partial charge in [-0.25, -0.2) is 4.98 Å². The maximum Gasteiger partial charge on any atom is 0.225 e. The molecule has 2 saturated heterocycles. The molecule has 4 rings (SSSR count). The molecular formula is C18H25N5O3S. The summed E-state index contributed by atoms with van der Waals surface area (Å²) in [6, 6.07) is 1.89. The van der Waals surface area contributed by atoms with Gasteiger partial charge in [-0.2, -0.15) is 0 Å². The highest BCUT2D eigenvalue weighted by molar-refractivity contribution is 7.94. The fourth-order valence-electron chi connectivity index (χ4n) is 4.16. The number of hydrogen-bond donors (Lipinski definition) is 1. The number of carbonyl (C=O) groups excluding carboxylic acids is 1. The smallest absolute Gasteiger partial charge is 0.225 e. The normalized spacial score (nSPS) is 24.8. The molecule has 2 unspecified atom stereocenters. The third-order valence-corrected chi connectivity index (χ3v) is 7.00. The molecule has 1 N–H and O–H groups in total. The van der Waals surface area contributed by atoms with Crippen LogP contribution in [0.25, 0.3) is 11.0 Å². The number of aromatic amines is 1. The molecule has 146 valence electrons. The Morgan fingerprint density at radius 3 is 2.78 bits per heavy atom. The maximum absolute atomic E-state index is 13.0. The summed E-state index contributed by atoms with van der Waals surface area (Å²) in [6.07, 6.45) is 7.89. The molecule has 0 radical (unpaired) electrons. The van der Waals surface area contributed by atoms with Gasteiger partial charge in [-0.1, -0.05) is 4.21 Å². The Bertz CT molecular complexity index is 838. The Morgan fingerprint density at radius 1 is 1.30 bits per heavy atom. The first-order valence-corrected chi connectivity index (χ1v) is 11.3. The summed E-state index contributed by atoms with van der Waals surface area (Å²) in [5.41, 5.74) is 1.82. The molecule has 0 bridgehead atoms. The number of aromatic nitrogens is 3. The van der Waals surface area contributed by atoms with Crippen molar-refractivity contribution in [2.45, 2.75) is 31.6 Å². The summed E-state index contributed by atoms with van der Waals surface area (Å²) in [7, 11) is -3.17. The van der Waals surface area contributed by atoms with Crippen LogP contribution in [0.3, 0.4) is 0 Å². The zero-order chi connectivity index (χ0) is 19.0. The highest BCUT2D eigenvalue weighted by Crippen LogP contribution is 2.29. The van der Waals surface area contributed by atoms with Crippen LogP contribution in [0.15, 0.2) is 18.5 Å². The monoisotopic (exact) mass is 391 g/mol. The van der Waals surface area contributed by atoms with Crippen molar-refractivity contribution < 1.29 is 13.6 Å². The lowest BCUT2D eigenvalue weighted by atomic mass is 9.92. The fourth-order valence-corrected chi connectivity index (χ4v) is 5.04. The number of hydrogen-bond acceptors (Lipinski definition) is 5. The van der Waals surface area contributed by atoms with Gasteiger partial charge in [0.1, 0.15) is 22.5 Å². The van der Waals surface area contributed by atoms with Gasteiger partial charge in [-0.15, -0.1) is 4.31 Å². The van der Waals surface area contributed by atoms with Gasteiger partial charge in [0.05, 0.1) is 17.2 Å². The van der Waals surface area contributed by atoms with Crippen molar-refractivity contribution in [3.63, 3.8) is 0 Å². The average Bonchev–Trinajstić information content (AvgIpc) is 3.11. The first kappa shape index (κ1) is 18.5. The quantitative estimate of drug-likeness (QED) is 0.799. The van der Waals surface area contributed by atoms with E-state index in [0.29, 0.717) is 32.5 Å². The van der Waals surface area contributed by atoms with Crippen LogP contribution in [-0.4, -0.2) is 67.1 Å². The molecular weight excluding hydrogens is 366 g/mol. The van der Waals surface area contributed by atoms with Crippen molar-refractivity contribution in [3.8, 4) is 0 Å². The molecule has 2 aromatic heterocycles. The second-order valence-corrected chi connectivity index (χ2v) is 9.56. The van der Waals surface area contributed by atoms with Crippen molar-refractivity contribution in [3.05, 3.63) is 24.3 Å². The number of H-pyrrole nitrogens is 1. The van der Waals surface area contributed by atoms with Crippen LogP contribution in [-0.2, 0) is 19.4 Å². The number of pyridine rings is 1. The summed E-state index contributed by atoms with van der Waals surface area (Å²) in [5, 5.41) is 0. The van der Waals surface area contributed by atoms with E-state index in [2.05, 4.69) is 15.0 Å². The Morgan fingerprint density at radius 2 is 2.07 bits per heavy atom. The summed E-state index contributed by atoms with van der Waals surface area (Å²) in [6.45, 7) is 2.30. The van der Waals surface area contributed by atoms with Crippen molar-refractivity contribution in [2.24, 2.45) is 5.92 Å². The number of carbonyl (C=O) groups is 1. The number of likely N-dealkylation sites (tertiary alicyclic amines) is 1. The number of imidazole rings is 1. The first-order chi connectivity index (χ1) is 12.9. The van der Waals surface area contributed by atoms with Crippen LogP contribution in [0.1, 0.15) is 37.4 Å². The molecule has 0 aromatic carbocycles. The van der Waals surface area contributed by atoms with E-state index in [1.165, 1.54) is 10.6 Å². The van der Waals surface area contributed by atoms with E-state index in [1.54, 1.807) is 12.4 Å². The van der Waals surface area contributed by atoms with E-state index in [-0.39, 0.29) is 17.7 Å². The molecule has 8 nitrogen and oxygen atoms in total. The van der Waals surface area contributed by atoms with Crippen LogP contribution in [0, 0.1) is 5.92 Å². The van der Waals surface area contributed by atoms with Crippen LogP contribution in [0.5, 0.6) is 0 Å². The molecule has 2 fully saturated rings. The second-order valence-electron chi connectivity index (χ2n) is 7.57. The fraction of sp³-hybridized carbons (Fsp3) is 0.611. The Hall–Kier alpha value is -1.84. The molecule has 0 aliphatic carbocycles. The maximum atomic E-state index is 13.0. The zero-order valence-electron chi connectivity index (χ0n) is 15.5. The SMILES string of the molecule is C[S+](=O)([O-])N1CCC(C(=O)N2CCCC(c3nc4ccncc4[nH]3)C2)CC1. The van der Waals surface area contributed by atoms with Crippen LogP contribution in [0.2, 0.25) is 0 Å². The van der Waals surface area contributed by atoms with Gasteiger partial charge in [0.25, 0.3) is 0 Å². The van der Waals surface area contributed by atoms with Gasteiger partial charge in [0.2, 0.25) is 5.91 Å². The number of rotatable bonds is 3. The molecule has 4 heterocycles. The summed E-state index contributed by atoms with van der Waals surface area (Å²) in [4.78, 5) is 27.1. The minimum Gasteiger partial charge on any atom is -0.598 e. The lowest BCUT2D eigenvalue weighted by Gasteiger charge is -2.37. The first-order valence-electron chi connectivity index (χ1n) is 9.45. The number of fused-ring (bicyclic) bond motifs is 1. The molecule has 2 aliphatic heterocycles. The van der Waals surface area contributed by atoms with Gasteiger partial charge in [-0.05, 0) is 31.7 Å². The third kappa shape index (κ3) is 3.90. The largest absolute Gasteiger partial charge is 0.598 e. The Labute approximate surface area is 159 Å². The summed E-state index contributed by atoms with van der Waals surface area (Å²) < 4.78 is 24.8. The lowest BCUT2D eigenvalue weighted by Crippen LogP contribution is -2.47. The van der Waals surface area contributed by atoms with Crippen molar-refractivity contribution in [1.82, 2.24) is 24.2 Å². The van der Waals surface area contributed by atoms with E-state index in [1.807, 2.05) is 11.0 Å². The van der Waals surface area contributed by atoms with Crippen molar-refractivity contribution in [1.29, 1.82) is 0 Å². The average molecular weight is 391 g/mol. The van der Waals surface area contributed by atoms with Gasteiger partial charge in [0, 0.05) is 44.2 Å². The van der Waals surface area contributed by atoms with Gasteiger partial charge in [-0.3, -0.25) is 9.78 Å². The minimum absolute atomic E-state index is 0.0818. The number of amides is 1. The van der Waals surface area contributed by atoms with E-state index in [9.17, 15) is 13.6 Å². The second kappa shape index (κ2) is 7.29. The number of nitrogens with one attached hydrogen (secondary N) is 1. The van der Waals surface area contributed by atoms with Crippen LogP contribution in [0.4, 0.5) is 0 Å². The molecule has 2 aromatic rings. The molecule has 9 heteroatoms. The van der Waals surface area contributed by atoms with E-state index in [0.717, 1.165) is 36.2 Å². The predicted molar refractivity (Wildman–Crippen MR) is 101 cm³/mol. The standard InChI is InChI=1S/C18H25N5O3S/c1-27(25,26)23-9-5-13(6-10-23)18(24)22-8-2-3-14(12-22)17-20-15-4-7-19-11-16(15)21-17/h4,7,11,13-14H,2-3,5-6,8-10,12H2,1H3,(H-,19,20,21,25,26). The van der Waals surface area contributed by atoms with Gasteiger partial charge < -0.3 is 14.4 Å². The Kier molecular flexibility index (Phi) is 5.00. The minimum atomic E-state index is -3.17. The van der Waals surface area contributed by atoms with Crippen LogP contribution < -0.4 is 0 Å². The van der Waals surface area contributed by atoms with Crippen LogP contribution >= 0.6 is 0 Å². The van der Waals surface area contributed by atoms with E-state index >= 15 is 0 Å². The number of piperidine rings is 2. The van der Waals surface area contributed by atoms with E-state index < -0.39 is 10.4 Å².